The summed E-state index contributed by atoms with van der Waals surface area (Å²) in [6.07, 6.45) is 0.694. The molecule has 1 saturated heterocycles. The van der Waals surface area contributed by atoms with Gasteiger partial charge in [0.15, 0.2) is 5.82 Å². The van der Waals surface area contributed by atoms with Crippen LogP contribution >= 0.6 is 28.3 Å². The van der Waals surface area contributed by atoms with Gasteiger partial charge < -0.3 is 9.84 Å². The van der Waals surface area contributed by atoms with Crippen LogP contribution in [0, 0.1) is 0 Å². The third-order valence-corrected chi connectivity index (χ3v) is 4.23. The molecule has 1 aliphatic heterocycles. The summed E-state index contributed by atoms with van der Waals surface area (Å²) >= 11 is 3.48. The van der Waals surface area contributed by atoms with E-state index in [1.54, 1.807) is 0 Å². The molecule has 7 heteroatoms. The molecule has 2 aromatic rings. The summed E-state index contributed by atoms with van der Waals surface area (Å²) in [5, 5.41) is 7.47. The van der Waals surface area contributed by atoms with Crippen molar-refractivity contribution in [1.29, 1.82) is 0 Å². The van der Waals surface area contributed by atoms with Crippen molar-refractivity contribution in [2.45, 2.75) is 25.9 Å². The Kier molecular flexibility index (Phi) is 6.37. The van der Waals surface area contributed by atoms with Crippen LogP contribution in [-0.4, -0.2) is 40.7 Å². The predicted molar refractivity (Wildman–Crippen MR) is 91.2 cm³/mol. The van der Waals surface area contributed by atoms with Gasteiger partial charge in [-0.1, -0.05) is 33.2 Å². The number of piperazine rings is 1. The number of aromatic nitrogens is 2. The van der Waals surface area contributed by atoms with Crippen LogP contribution in [0.2, 0.25) is 0 Å². The first-order valence-electron chi connectivity index (χ1n) is 7.21. The first kappa shape index (κ1) is 17.4. The highest BCUT2D eigenvalue weighted by Gasteiger charge is 2.20. The smallest absolute Gasteiger partial charge is 0.240 e. The zero-order valence-corrected chi connectivity index (χ0v) is 14.9. The molecular formula is C15H20BrClN4O. The lowest BCUT2D eigenvalue weighted by Crippen LogP contribution is -2.49. The van der Waals surface area contributed by atoms with E-state index >= 15 is 0 Å². The molecule has 2 heterocycles. The van der Waals surface area contributed by atoms with Gasteiger partial charge in [0.25, 0.3) is 0 Å². The molecule has 1 aliphatic rings. The van der Waals surface area contributed by atoms with Gasteiger partial charge in [-0.05, 0) is 24.6 Å². The third-order valence-electron chi connectivity index (χ3n) is 3.74. The molecule has 1 aromatic heterocycles. The molecule has 0 amide bonds. The topological polar surface area (TPSA) is 54.2 Å². The second kappa shape index (κ2) is 8.06. The van der Waals surface area contributed by atoms with Crippen molar-refractivity contribution >= 4 is 28.3 Å². The van der Waals surface area contributed by atoms with Crippen molar-refractivity contribution in [2.24, 2.45) is 0 Å². The van der Waals surface area contributed by atoms with E-state index in [-0.39, 0.29) is 12.4 Å². The summed E-state index contributed by atoms with van der Waals surface area (Å²) in [5.74, 6) is 1.44. The largest absolute Gasteiger partial charge is 0.338 e. The Morgan fingerprint density at radius 3 is 3.09 bits per heavy atom. The Labute approximate surface area is 145 Å². The van der Waals surface area contributed by atoms with E-state index < -0.39 is 0 Å². The summed E-state index contributed by atoms with van der Waals surface area (Å²) < 4.78 is 6.45. The van der Waals surface area contributed by atoms with E-state index in [2.05, 4.69) is 55.3 Å². The number of halogens is 2. The van der Waals surface area contributed by atoms with Gasteiger partial charge >= 0.3 is 0 Å². The number of nitrogens with one attached hydrogen (secondary N) is 1. The SMILES string of the molecule is C[C@H]1CNCCN1Cc1nc(Cc2cccc(Br)c2)no1.Cl. The van der Waals surface area contributed by atoms with Crippen molar-refractivity contribution in [1.82, 2.24) is 20.4 Å². The maximum Gasteiger partial charge on any atom is 0.240 e. The fourth-order valence-corrected chi connectivity index (χ4v) is 2.99. The molecule has 0 bridgehead atoms. The molecule has 0 unspecified atom stereocenters. The van der Waals surface area contributed by atoms with Gasteiger partial charge in [-0.2, -0.15) is 4.98 Å². The number of hydrogen-bond donors (Lipinski definition) is 1. The fourth-order valence-electron chi connectivity index (χ4n) is 2.55. The minimum atomic E-state index is 0. The highest BCUT2D eigenvalue weighted by Crippen LogP contribution is 2.15. The van der Waals surface area contributed by atoms with E-state index in [4.69, 9.17) is 4.52 Å². The first-order valence-corrected chi connectivity index (χ1v) is 8.00. The Balaban J connectivity index is 0.00000176. The van der Waals surface area contributed by atoms with Gasteiger partial charge in [0, 0.05) is 36.6 Å². The number of hydrogen-bond acceptors (Lipinski definition) is 5. The summed E-state index contributed by atoms with van der Waals surface area (Å²) in [6.45, 7) is 5.99. The Morgan fingerprint density at radius 1 is 1.45 bits per heavy atom. The van der Waals surface area contributed by atoms with E-state index in [1.165, 1.54) is 5.56 Å². The zero-order chi connectivity index (χ0) is 14.7. The van der Waals surface area contributed by atoms with Gasteiger partial charge in [0.2, 0.25) is 5.89 Å². The number of rotatable bonds is 4. The Hall–Kier alpha value is -0.950. The van der Waals surface area contributed by atoms with Gasteiger partial charge in [-0.15, -0.1) is 12.4 Å². The van der Waals surface area contributed by atoms with Gasteiger partial charge in [-0.25, -0.2) is 0 Å². The minimum Gasteiger partial charge on any atom is -0.338 e. The van der Waals surface area contributed by atoms with Crippen LogP contribution in [0.15, 0.2) is 33.3 Å². The highest BCUT2D eigenvalue weighted by atomic mass is 79.9. The number of benzene rings is 1. The maximum absolute atomic E-state index is 5.38. The van der Waals surface area contributed by atoms with Crippen molar-refractivity contribution in [3.8, 4) is 0 Å². The highest BCUT2D eigenvalue weighted by molar-refractivity contribution is 9.10. The molecule has 5 nitrogen and oxygen atoms in total. The van der Waals surface area contributed by atoms with Crippen molar-refractivity contribution in [3.05, 3.63) is 46.0 Å². The monoisotopic (exact) mass is 386 g/mol. The molecular weight excluding hydrogens is 368 g/mol. The second-order valence-corrected chi connectivity index (χ2v) is 6.35. The molecule has 1 atom stereocenters. The molecule has 3 rings (SSSR count). The quantitative estimate of drug-likeness (QED) is 0.874. The second-order valence-electron chi connectivity index (χ2n) is 5.43. The van der Waals surface area contributed by atoms with E-state index in [1.807, 2.05) is 12.1 Å². The lowest BCUT2D eigenvalue weighted by Gasteiger charge is -2.32. The molecule has 1 aromatic carbocycles. The number of nitrogens with zero attached hydrogens (tertiary/aromatic N) is 3. The van der Waals surface area contributed by atoms with Gasteiger partial charge in [-0.3, -0.25) is 4.90 Å². The van der Waals surface area contributed by atoms with Gasteiger partial charge in [0.1, 0.15) is 0 Å². The van der Waals surface area contributed by atoms with Crippen LogP contribution in [0.3, 0.4) is 0 Å². The minimum absolute atomic E-state index is 0. The molecule has 0 radical (unpaired) electrons. The van der Waals surface area contributed by atoms with Crippen LogP contribution in [-0.2, 0) is 13.0 Å². The Morgan fingerprint density at radius 2 is 2.32 bits per heavy atom. The summed E-state index contributed by atoms with van der Waals surface area (Å²) in [6, 6.07) is 8.67. The standard InChI is InChI=1S/C15H19BrN4O.ClH/c1-11-9-17-5-6-20(11)10-15-18-14(19-21-15)8-12-3-2-4-13(16)7-12;/h2-4,7,11,17H,5-6,8-10H2,1H3;1H/t11-;/m0./s1. The first-order chi connectivity index (χ1) is 10.2. The normalized spacial score (nSPS) is 18.9. The average Bonchev–Trinajstić information content (AvgIpc) is 2.89. The zero-order valence-electron chi connectivity index (χ0n) is 12.5. The van der Waals surface area contributed by atoms with Crippen LogP contribution < -0.4 is 5.32 Å². The lowest BCUT2D eigenvalue weighted by atomic mass is 10.1. The van der Waals surface area contributed by atoms with E-state index in [9.17, 15) is 0 Å². The average molecular weight is 388 g/mol. The third kappa shape index (κ3) is 4.52. The van der Waals surface area contributed by atoms with Crippen molar-refractivity contribution in [2.75, 3.05) is 19.6 Å². The molecule has 1 N–H and O–H groups in total. The van der Waals surface area contributed by atoms with Crippen LogP contribution in [0.4, 0.5) is 0 Å². The molecule has 120 valence electrons. The lowest BCUT2D eigenvalue weighted by molar-refractivity contribution is 0.146. The van der Waals surface area contributed by atoms with E-state index in [0.717, 1.165) is 36.5 Å². The van der Waals surface area contributed by atoms with Crippen LogP contribution in [0.25, 0.3) is 0 Å². The molecule has 1 fully saturated rings. The summed E-state index contributed by atoms with van der Waals surface area (Å²) in [7, 11) is 0. The molecule has 22 heavy (non-hydrogen) atoms. The van der Waals surface area contributed by atoms with E-state index in [0.29, 0.717) is 18.4 Å². The van der Waals surface area contributed by atoms with Gasteiger partial charge in [0.05, 0.1) is 6.54 Å². The predicted octanol–water partition coefficient (Wildman–Crippen LogP) is 2.64. The fraction of sp³-hybridized carbons (Fsp3) is 0.467. The maximum atomic E-state index is 5.38. The van der Waals surface area contributed by atoms with Crippen LogP contribution in [0.5, 0.6) is 0 Å². The van der Waals surface area contributed by atoms with Crippen molar-refractivity contribution in [3.63, 3.8) is 0 Å². The van der Waals surface area contributed by atoms with Crippen LogP contribution in [0.1, 0.15) is 24.2 Å². The summed E-state index contributed by atoms with van der Waals surface area (Å²) in [5.41, 5.74) is 1.17. The molecule has 0 saturated carbocycles. The Bertz CT molecular complexity index is 607. The summed E-state index contributed by atoms with van der Waals surface area (Å²) in [4.78, 5) is 6.88. The van der Waals surface area contributed by atoms with Crippen molar-refractivity contribution < 1.29 is 4.52 Å². The molecule has 0 aliphatic carbocycles. The molecule has 0 spiro atoms.